The maximum atomic E-state index is 6.07. The van der Waals surface area contributed by atoms with E-state index < -0.39 is 0 Å². The standard InChI is InChI=1S/C17H22ClNOS/c1-4-11(2)13-5-7-14(8-6-13)20-17(12(3)19)15-9-10-16(18)21-15/h5-12,17H,4,19H2,1-3H3. The number of ether oxygens (including phenoxy) is 1. The van der Waals surface area contributed by atoms with Crippen LogP contribution in [0.25, 0.3) is 0 Å². The molecule has 0 radical (unpaired) electrons. The van der Waals surface area contributed by atoms with Crippen molar-refractivity contribution in [1.29, 1.82) is 0 Å². The molecule has 0 spiro atoms. The summed E-state index contributed by atoms with van der Waals surface area (Å²) in [5.41, 5.74) is 7.40. The third-order valence-corrected chi connectivity index (χ3v) is 4.97. The Bertz CT molecular complexity index is 564. The zero-order chi connectivity index (χ0) is 15.4. The molecule has 4 heteroatoms. The van der Waals surface area contributed by atoms with Crippen molar-refractivity contribution in [2.75, 3.05) is 0 Å². The molecule has 21 heavy (non-hydrogen) atoms. The van der Waals surface area contributed by atoms with Crippen LogP contribution in [-0.4, -0.2) is 6.04 Å². The van der Waals surface area contributed by atoms with E-state index >= 15 is 0 Å². The first-order chi connectivity index (χ1) is 10.0. The van der Waals surface area contributed by atoms with E-state index in [0.717, 1.165) is 21.4 Å². The topological polar surface area (TPSA) is 35.2 Å². The number of halogens is 1. The summed E-state index contributed by atoms with van der Waals surface area (Å²) in [5.74, 6) is 1.41. The van der Waals surface area contributed by atoms with Crippen LogP contribution < -0.4 is 10.5 Å². The lowest BCUT2D eigenvalue weighted by atomic mass is 9.99. The molecular formula is C17H22ClNOS. The first kappa shape index (κ1) is 16.3. The van der Waals surface area contributed by atoms with E-state index in [1.54, 1.807) is 0 Å². The van der Waals surface area contributed by atoms with Gasteiger partial charge in [0.15, 0.2) is 0 Å². The fourth-order valence-corrected chi connectivity index (χ4v) is 3.37. The summed E-state index contributed by atoms with van der Waals surface area (Å²) in [6.07, 6.45) is 0.966. The van der Waals surface area contributed by atoms with Crippen LogP contribution >= 0.6 is 22.9 Å². The predicted octanol–water partition coefficient (Wildman–Crippen LogP) is 5.38. The van der Waals surface area contributed by atoms with Crippen LogP contribution in [0.1, 0.15) is 49.7 Å². The molecule has 3 atom stereocenters. The van der Waals surface area contributed by atoms with E-state index in [1.165, 1.54) is 16.9 Å². The van der Waals surface area contributed by atoms with Crippen molar-refractivity contribution in [3.8, 4) is 5.75 Å². The predicted molar refractivity (Wildman–Crippen MR) is 91.5 cm³/mol. The lowest BCUT2D eigenvalue weighted by Crippen LogP contribution is -2.28. The second-order valence-electron chi connectivity index (χ2n) is 5.42. The number of hydrogen-bond acceptors (Lipinski definition) is 3. The summed E-state index contributed by atoms with van der Waals surface area (Å²) in [5, 5.41) is 0. The molecule has 2 nitrogen and oxygen atoms in total. The summed E-state index contributed by atoms with van der Waals surface area (Å²) < 4.78 is 6.83. The Hall–Kier alpha value is -1.03. The van der Waals surface area contributed by atoms with Crippen LogP contribution in [0, 0.1) is 0 Å². The van der Waals surface area contributed by atoms with Gasteiger partial charge in [-0.15, -0.1) is 11.3 Å². The fourth-order valence-electron chi connectivity index (χ4n) is 2.16. The Morgan fingerprint density at radius 1 is 1.14 bits per heavy atom. The van der Waals surface area contributed by atoms with Gasteiger partial charge in [-0.25, -0.2) is 0 Å². The monoisotopic (exact) mass is 323 g/mol. The SMILES string of the molecule is CCC(C)c1ccc(OC(c2ccc(Cl)s2)C(C)N)cc1. The Balaban J connectivity index is 2.14. The van der Waals surface area contributed by atoms with E-state index in [0.29, 0.717) is 5.92 Å². The van der Waals surface area contributed by atoms with E-state index in [-0.39, 0.29) is 12.1 Å². The van der Waals surface area contributed by atoms with Gasteiger partial charge in [-0.1, -0.05) is 37.6 Å². The first-order valence-electron chi connectivity index (χ1n) is 7.28. The van der Waals surface area contributed by atoms with Gasteiger partial charge in [0.2, 0.25) is 0 Å². The van der Waals surface area contributed by atoms with Crippen LogP contribution in [0.4, 0.5) is 0 Å². The molecule has 2 N–H and O–H groups in total. The molecule has 2 aromatic rings. The van der Waals surface area contributed by atoms with Crippen molar-refractivity contribution >= 4 is 22.9 Å². The van der Waals surface area contributed by atoms with E-state index in [9.17, 15) is 0 Å². The van der Waals surface area contributed by atoms with Crippen LogP contribution in [-0.2, 0) is 0 Å². The first-order valence-corrected chi connectivity index (χ1v) is 8.48. The molecule has 114 valence electrons. The summed E-state index contributed by atoms with van der Waals surface area (Å²) in [6, 6.07) is 12.1. The van der Waals surface area contributed by atoms with Gasteiger partial charge in [0.05, 0.1) is 4.34 Å². The highest BCUT2D eigenvalue weighted by Crippen LogP contribution is 2.32. The second-order valence-corrected chi connectivity index (χ2v) is 7.16. The molecule has 0 amide bonds. The van der Waals surface area contributed by atoms with Crippen LogP contribution in [0.5, 0.6) is 5.75 Å². The minimum atomic E-state index is -0.169. The minimum absolute atomic E-state index is 0.103. The summed E-state index contributed by atoms with van der Waals surface area (Å²) in [4.78, 5) is 1.06. The van der Waals surface area contributed by atoms with Gasteiger partial charge >= 0.3 is 0 Å². The second kappa shape index (κ2) is 7.30. The molecule has 0 fully saturated rings. The van der Waals surface area contributed by atoms with Crippen molar-refractivity contribution < 1.29 is 4.74 Å². The van der Waals surface area contributed by atoms with E-state index in [2.05, 4.69) is 26.0 Å². The zero-order valence-corrected chi connectivity index (χ0v) is 14.2. The normalized spacial score (nSPS) is 15.5. The van der Waals surface area contributed by atoms with Gasteiger partial charge in [-0.2, -0.15) is 0 Å². The van der Waals surface area contributed by atoms with Gasteiger partial charge in [-0.3, -0.25) is 0 Å². The summed E-state index contributed by atoms with van der Waals surface area (Å²) >= 11 is 7.52. The number of hydrogen-bond donors (Lipinski definition) is 1. The molecule has 0 saturated carbocycles. The van der Waals surface area contributed by atoms with Gasteiger partial charge in [0.1, 0.15) is 11.9 Å². The number of rotatable bonds is 6. The molecule has 0 bridgehead atoms. The maximum absolute atomic E-state index is 6.07. The third-order valence-electron chi connectivity index (χ3n) is 3.68. The smallest absolute Gasteiger partial charge is 0.148 e. The third kappa shape index (κ3) is 4.22. The Morgan fingerprint density at radius 2 is 1.81 bits per heavy atom. The Kier molecular flexibility index (Phi) is 5.68. The Morgan fingerprint density at radius 3 is 2.29 bits per heavy atom. The molecule has 1 heterocycles. The van der Waals surface area contributed by atoms with E-state index in [1.807, 2.05) is 31.2 Å². The fraction of sp³-hybridized carbons (Fsp3) is 0.412. The Labute approximate surface area is 135 Å². The van der Waals surface area contributed by atoms with Crippen LogP contribution in [0.2, 0.25) is 4.34 Å². The van der Waals surface area contributed by atoms with Crippen molar-refractivity contribution in [1.82, 2.24) is 0 Å². The quantitative estimate of drug-likeness (QED) is 0.774. The van der Waals surface area contributed by atoms with Gasteiger partial charge in [0, 0.05) is 10.9 Å². The van der Waals surface area contributed by atoms with Crippen molar-refractivity contribution in [3.05, 3.63) is 51.2 Å². The number of benzene rings is 1. The highest BCUT2D eigenvalue weighted by atomic mass is 35.5. The molecule has 1 aromatic heterocycles. The molecule has 0 aliphatic rings. The van der Waals surface area contributed by atoms with Crippen molar-refractivity contribution in [2.45, 2.75) is 45.3 Å². The minimum Gasteiger partial charge on any atom is -0.483 e. The summed E-state index contributed by atoms with van der Waals surface area (Å²) in [7, 11) is 0. The van der Waals surface area contributed by atoms with Gasteiger partial charge in [-0.05, 0) is 49.1 Å². The van der Waals surface area contributed by atoms with E-state index in [4.69, 9.17) is 22.1 Å². The average Bonchev–Trinajstić information content (AvgIpc) is 2.90. The van der Waals surface area contributed by atoms with Crippen molar-refractivity contribution in [2.24, 2.45) is 5.73 Å². The van der Waals surface area contributed by atoms with Crippen LogP contribution in [0.3, 0.4) is 0 Å². The highest BCUT2D eigenvalue weighted by molar-refractivity contribution is 7.16. The molecular weight excluding hydrogens is 302 g/mol. The molecule has 3 unspecified atom stereocenters. The molecule has 2 rings (SSSR count). The zero-order valence-electron chi connectivity index (χ0n) is 12.7. The largest absolute Gasteiger partial charge is 0.483 e. The highest BCUT2D eigenvalue weighted by Gasteiger charge is 2.20. The van der Waals surface area contributed by atoms with Crippen molar-refractivity contribution in [3.63, 3.8) is 0 Å². The molecule has 0 saturated heterocycles. The lowest BCUT2D eigenvalue weighted by Gasteiger charge is -2.21. The molecule has 0 aliphatic carbocycles. The summed E-state index contributed by atoms with van der Waals surface area (Å²) in [6.45, 7) is 6.38. The molecule has 0 aliphatic heterocycles. The lowest BCUT2D eigenvalue weighted by molar-refractivity contribution is 0.184. The van der Waals surface area contributed by atoms with Gasteiger partial charge in [0.25, 0.3) is 0 Å². The van der Waals surface area contributed by atoms with Gasteiger partial charge < -0.3 is 10.5 Å². The molecule has 1 aromatic carbocycles. The maximum Gasteiger partial charge on any atom is 0.148 e. The van der Waals surface area contributed by atoms with Crippen LogP contribution in [0.15, 0.2) is 36.4 Å². The average molecular weight is 324 g/mol. The number of thiophene rings is 1. The number of nitrogens with two attached hydrogens (primary N) is 1.